The van der Waals surface area contributed by atoms with Crippen molar-refractivity contribution in [2.24, 2.45) is 5.41 Å². The fourth-order valence-corrected chi connectivity index (χ4v) is 1.65. The van der Waals surface area contributed by atoms with Gasteiger partial charge in [-0.25, -0.2) is 0 Å². The van der Waals surface area contributed by atoms with Crippen molar-refractivity contribution in [2.75, 3.05) is 20.1 Å². The highest BCUT2D eigenvalue weighted by molar-refractivity contribution is 4.85. The zero-order chi connectivity index (χ0) is 9.03. The average molecular weight is 170 g/mol. The summed E-state index contributed by atoms with van der Waals surface area (Å²) in [6.45, 7) is 6.87. The van der Waals surface area contributed by atoms with Crippen LogP contribution >= 0.6 is 0 Å². The van der Waals surface area contributed by atoms with Crippen molar-refractivity contribution in [1.82, 2.24) is 10.6 Å². The topological polar surface area (TPSA) is 24.1 Å². The van der Waals surface area contributed by atoms with Gasteiger partial charge in [0.25, 0.3) is 0 Å². The molecular formula is C10H22N2. The standard InChI is InChI=1S/C10H22N2/c1-9(11-3)7-12-8-10(2)5-4-6-10/h9,11-12H,4-8H2,1-3H3. The van der Waals surface area contributed by atoms with E-state index in [9.17, 15) is 0 Å². The second-order valence-electron chi connectivity index (χ2n) is 4.48. The maximum atomic E-state index is 3.52. The summed E-state index contributed by atoms with van der Waals surface area (Å²) in [6, 6.07) is 0.591. The molecule has 1 atom stereocenters. The summed E-state index contributed by atoms with van der Waals surface area (Å²) in [4.78, 5) is 0. The normalized spacial score (nSPS) is 23.2. The van der Waals surface area contributed by atoms with E-state index in [4.69, 9.17) is 0 Å². The van der Waals surface area contributed by atoms with Crippen LogP contribution in [0, 0.1) is 5.41 Å². The van der Waals surface area contributed by atoms with Crippen LogP contribution in [0.4, 0.5) is 0 Å². The number of hydrogen-bond donors (Lipinski definition) is 2. The fourth-order valence-electron chi connectivity index (χ4n) is 1.65. The predicted molar refractivity (Wildman–Crippen MR) is 53.3 cm³/mol. The first-order valence-electron chi connectivity index (χ1n) is 5.04. The lowest BCUT2D eigenvalue weighted by atomic mass is 9.70. The molecule has 72 valence electrons. The minimum absolute atomic E-state index is 0.591. The van der Waals surface area contributed by atoms with Crippen LogP contribution in [0.3, 0.4) is 0 Å². The highest BCUT2D eigenvalue weighted by atomic mass is 15.0. The second-order valence-corrected chi connectivity index (χ2v) is 4.48. The third-order valence-corrected chi connectivity index (χ3v) is 3.06. The monoisotopic (exact) mass is 170 g/mol. The molecule has 0 aromatic rings. The highest BCUT2D eigenvalue weighted by Crippen LogP contribution is 2.39. The molecule has 0 heterocycles. The van der Waals surface area contributed by atoms with Gasteiger partial charge in [-0.2, -0.15) is 0 Å². The van der Waals surface area contributed by atoms with Crippen molar-refractivity contribution in [1.29, 1.82) is 0 Å². The van der Waals surface area contributed by atoms with Crippen LogP contribution < -0.4 is 10.6 Å². The van der Waals surface area contributed by atoms with Crippen LogP contribution in [-0.2, 0) is 0 Å². The highest BCUT2D eigenvalue weighted by Gasteiger charge is 2.30. The summed E-state index contributed by atoms with van der Waals surface area (Å²) in [6.07, 6.45) is 4.25. The Morgan fingerprint density at radius 3 is 2.50 bits per heavy atom. The molecule has 1 saturated carbocycles. The summed E-state index contributed by atoms with van der Waals surface area (Å²) in [5, 5.41) is 6.74. The van der Waals surface area contributed by atoms with Gasteiger partial charge >= 0.3 is 0 Å². The predicted octanol–water partition coefficient (Wildman–Crippen LogP) is 1.37. The molecule has 0 aromatic carbocycles. The smallest absolute Gasteiger partial charge is 0.0161 e. The first-order chi connectivity index (χ1) is 5.66. The molecule has 1 unspecified atom stereocenters. The second kappa shape index (κ2) is 4.24. The molecule has 0 spiro atoms. The van der Waals surface area contributed by atoms with Gasteiger partial charge in [-0.1, -0.05) is 13.3 Å². The number of likely N-dealkylation sites (N-methyl/N-ethyl adjacent to an activating group) is 1. The van der Waals surface area contributed by atoms with Crippen LogP contribution in [0.15, 0.2) is 0 Å². The number of nitrogens with one attached hydrogen (secondary N) is 2. The molecule has 1 aliphatic carbocycles. The van der Waals surface area contributed by atoms with Crippen LogP contribution in [0.5, 0.6) is 0 Å². The number of rotatable bonds is 5. The molecule has 0 aromatic heterocycles. The van der Waals surface area contributed by atoms with E-state index in [1.54, 1.807) is 0 Å². The molecule has 0 saturated heterocycles. The van der Waals surface area contributed by atoms with Gasteiger partial charge in [0.15, 0.2) is 0 Å². The molecule has 0 bridgehead atoms. The van der Waals surface area contributed by atoms with E-state index in [1.807, 2.05) is 7.05 Å². The van der Waals surface area contributed by atoms with Crippen LogP contribution in [0.2, 0.25) is 0 Å². The molecule has 2 N–H and O–H groups in total. The van der Waals surface area contributed by atoms with Crippen molar-refractivity contribution in [2.45, 2.75) is 39.2 Å². The van der Waals surface area contributed by atoms with Crippen molar-refractivity contribution in [3.05, 3.63) is 0 Å². The van der Waals surface area contributed by atoms with Gasteiger partial charge < -0.3 is 10.6 Å². The van der Waals surface area contributed by atoms with E-state index >= 15 is 0 Å². The van der Waals surface area contributed by atoms with Crippen molar-refractivity contribution in [3.63, 3.8) is 0 Å². The van der Waals surface area contributed by atoms with Crippen molar-refractivity contribution in [3.8, 4) is 0 Å². The van der Waals surface area contributed by atoms with Gasteiger partial charge in [0, 0.05) is 19.1 Å². The van der Waals surface area contributed by atoms with Gasteiger partial charge in [0.05, 0.1) is 0 Å². The van der Waals surface area contributed by atoms with E-state index in [0.29, 0.717) is 11.5 Å². The Morgan fingerprint density at radius 1 is 1.42 bits per heavy atom. The third kappa shape index (κ3) is 2.76. The Hall–Kier alpha value is -0.0800. The maximum Gasteiger partial charge on any atom is 0.0161 e. The van der Waals surface area contributed by atoms with Crippen molar-refractivity contribution >= 4 is 0 Å². The zero-order valence-corrected chi connectivity index (χ0v) is 8.61. The minimum Gasteiger partial charge on any atom is -0.316 e. The van der Waals surface area contributed by atoms with Gasteiger partial charge in [0.1, 0.15) is 0 Å². The molecule has 0 amide bonds. The first kappa shape index (κ1) is 10.0. The lowest BCUT2D eigenvalue weighted by molar-refractivity contribution is 0.156. The van der Waals surface area contributed by atoms with E-state index in [2.05, 4.69) is 24.5 Å². The Balaban J connectivity index is 2.01. The van der Waals surface area contributed by atoms with Gasteiger partial charge in [-0.3, -0.25) is 0 Å². The Labute approximate surface area is 76.1 Å². The average Bonchev–Trinajstić information content (AvgIpc) is 2.01. The largest absolute Gasteiger partial charge is 0.316 e. The Morgan fingerprint density at radius 2 is 2.08 bits per heavy atom. The number of hydrogen-bond acceptors (Lipinski definition) is 2. The summed E-state index contributed by atoms with van der Waals surface area (Å²) in [5.74, 6) is 0. The molecule has 1 rings (SSSR count). The Bertz CT molecular complexity index is 130. The van der Waals surface area contributed by atoms with Crippen LogP contribution in [0.25, 0.3) is 0 Å². The molecule has 1 fully saturated rings. The molecular weight excluding hydrogens is 148 g/mol. The van der Waals surface area contributed by atoms with Crippen molar-refractivity contribution < 1.29 is 0 Å². The van der Waals surface area contributed by atoms with Crippen LogP contribution in [0.1, 0.15) is 33.1 Å². The van der Waals surface area contributed by atoms with Gasteiger partial charge in [-0.05, 0) is 32.2 Å². The quantitative estimate of drug-likeness (QED) is 0.651. The minimum atomic E-state index is 0.591. The van der Waals surface area contributed by atoms with Crippen LogP contribution in [-0.4, -0.2) is 26.2 Å². The summed E-state index contributed by atoms with van der Waals surface area (Å²) in [5.41, 5.74) is 0.619. The van der Waals surface area contributed by atoms with E-state index in [-0.39, 0.29) is 0 Å². The molecule has 12 heavy (non-hydrogen) atoms. The zero-order valence-electron chi connectivity index (χ0n) is 8.61. The molecule has 0 aliphatic heterocycles. The molecule has 2 heteroatoms. The molecule has 2 nitrogen and oxygen atoms in total. The Kier molecular flexibility index (Phi) is 3.53. The summed E-state index contributed by atoms with van der Waals surface area (Å²) < 4.78 is 0. The SMILES string of the molecule is CNC(C)CNCC1(C)CCC1. The summed E-state index contributed by atoms with van der Waals surface area (Å²) >= 11 is 0. The molecule has 1 aliphatic rings. The van der Waals surface area contributed by atoms with E-state index in [0.717, 1.165) is 6.54 Å². The first-order valence-corrected chi connectivity index (χ1v) is 5.04. The summed E-state index contributed by atoms with van der Waals surface area (Å²) in [7, 11) is 2.01. The lowest BCUT2D eigenvalue weighted by Gasteiger charge is -2.38. The third-order valence-electron chi connectivity index (χ3n) is 3.06. The van der Waals surface area contributed by atoms with Gasteiger partial charge in [0.2, 0.25) is 0 Å². The lowest BCUT2D eigenvalue weighted by Crippen LogP contribution is -2.42. The molecule has 0 radical (unpaired) electrons. The maximum absolute atomic E-state index is 3.52. The van der Waals surface area contributed by atoms with E-state index < -0.39 is 0 Å². The van der Waals surface area contributed by atoms with E-state index in [1.165, 1.54) is 25.8 Å². The fraction of sp³-hybridized carbons (Fsp3) is 1.00. The van der Waals surface area contributed by atoms with Gasteiger partial charge in [-0.15, -0.1) is 0 Å².